The molecule has 0 aromatic heterocycles. The Labute approximate surface area is 98.6 Å². The van der Waals surface area contributed by atoms with Crippen LogP contribution in [0.1, 0.15) is 24.1 Å². The second-order valence-corrected chi connectivity index (χ2v) is 3.73. The molecule has 1 unspecified atom stereocenters. The van der Waals surface area contributed by atoms with Gasteiger partial charge in [-0.1, -0.05) is 29.8 Å². The topological polar surface area (TPSA) is 52.3 Å². The van der Waals surface area contributed by atoms with Crippen LogP contribution in [0.15, 0.2) is 24.3 Å². The summed E-state index contributed by atoms with van der Waals surface area (Å²) in [5.74, 6) is -5.31. The molecule has 0 saturated carbocycles. The number of rotatable bonds is 4. The van der Waals surface area contributed by atoms with Gasteiger partial charge in [-0.15, -0.1) is 0 Å². The van der Waals surface area contributed by atoms with Crippen LogP contribution in [0.3, 0.4) is 0 Å². The minimum Gasteiger partial charge on any atom is -0.462 e. The van der Waals surface area contributed by atoms with Gasteiger partial charge >= 0.3 is 11.9 Å². The van der Waals surface area contributed by atoms with Crippen molar-refractivity contribution in [1.29, 1.82) is 0 Å². The van der Waals surface area contributed by atoms with Gasteiger partial charge in [-0.3, -0.25) is 0 Å². The predicted octanol–water partition coefficient (Wildman–Crippen LogP) is 2.19. The zero-order valence-corrected chi connectivity index (χ0v) is 9.74. The lowest BCUT2D eigenvalue weighted by atomic mass is 10.0. The number of esters is 1. The largest absolute Gasteiger partial charge is 0.462 e. The van der Waals surface area contributed by atoms with Crippen molar-refractivity contribution in [3.63, 3.8) is 0 Å². The van der Waals surface area contributed by atoms with Crippen molar-refractivity contribution in [3.05, 3.63) is 35.4 Å². The van der Waals surface area contributed by atoms with E-state index in [9.17, 15) is 13.6 Å². The molecule has 0 radical (unpaired) electrons. The molecule has 0 amide bonds. The van der Waals surface area contributed by atoms with E-state index in [4.69, 9.17) is 5.73 Å². The molecular formula is C12H15F2NO2. The van der Waals surface area contributed by atoms with E-state index in [1.54, 1.807) is 12.1 Å². The number of hydrogen-bond acceptors (Lipinski definition) is 3. The molecule has 94 valence electrons. The van der Waals surface area contributed by atoms with E-state index in [-0.39, 0.29) is 12.2 Å². The summed E-state index contributed by atoms with van der Waals surface area (Å²) in [5, 5.41) is 0. The maximum Gasteiger partial charge on any atom is 0.379 e. The van der Waals surface area contributed by atoms with Crippen LogP contribution >= 0.6 is 0 Å². The lowest BCUT2D eigenvalue weighted by Crippen LogP contribution is -2.41. The van der Waals surface area contributed by atoms with Gasteiger partial charge in [-0.2, -0.15) is 8.78 Å². The molecule has 3 nitrogen and oxygen atoms in total. The summed E-state index contributed by atoms with van der Waals surface area (Å²) in [7, 11) is 0. The van der Waals surface area contributed by atoms with E-state index < -0.39 is 17.9 Å². The van der Waals surface area contributed by atoms with Gasteiger partial charge in [0, 0.05) is 0 Å². The fraction of sp³-hybridized carbons (Fsp3) is 0.417. The monoisotopic (exact) mass is 243 g/mol. The Morgan fingerprint density at radius 2 is 1.94 bits per heavy atom. The molecule has 1 rings (SSSR count). The molecule has 1 aromatic rings. The van der Waals surface area contributed by atoms with Gasteiger partial charge in [-0.05, 0) is 19.4 Å². The van der Waals surface area contributed by atoms with Gasteiger partial charge in [0.25, 0.3) is 0 Å². The van der Waals surface area contributed by atoms with Crippen molar-refractivity contribution in [2.24, 2.45) is 5.73 Å². The van der Waals surface area contributed by atoms with Crippen molar-refractivity contribution in [2.75, 3.05) is 6.61 Å². The second-order valence-electron chi connectivity index (χ2n) is 3.73. The van der Waals surface area contributed by atoms with Crippen LogP contribution in [0.25, 0.3) is 0 Å². The van der Waals surface area contributed by atoms with Gasteiger partial charge in [0.1, 0.15) is 6.04 Å². The summed E-state index contributed by atoms with van der Waals surface area (Å²) in [6, 6.07) is 4.59. The van der Waals surface area contributed by atoms with Crippen molar-refractivity contribution in [2.45, 2.75) is 25.8 Å². The first kappa shape index (κ1) is 13.6. The quantitative estimate of drug-likeness (QED) is 0.825. The number of hydrogen-bond donors (Lipinski definition) is 1. The number of halogens is 2. The minimum atomic E-state index is -3.72. The maximum absolute atomic E-state index is 13.6. The van der Waals surface area contributed by atoms with E-state index in [0.29, 0.717) is 0 Å². The van der Waals surface area contributed by atoms with E-state index >= 15 is 0 Å². The summed E-state index contributed by atoms with van der Waals surface area (Å²) >= 11 is 0. The molecule has 0 fully saturated rings. The standard InChI is InChI=1S/C12H15F2NO2/c1-3-17-11(16)12(13,14)10(15)9-6-4-8(2)5-7-9/h4-7,10H,3,15H2,1-2H3. The van der Waals surface area contributed by atoms with E-state index in [0.717, 1.165) is 5.56 Å². The zero-order valence-electron chi connectivity index (χ0n) is 9.74. The second kappa shape index (κ2) is 5.23. The molecule has 1 atom stereocenters. The molecule has 0 aliphatic heterocycles. The Kier molecular flexibility index (Phi) is 4.17. The number of ether oxygens (including phenoxy) is 1. The van der Waals surface area contributed by atoms with Gasteiger partial charge < -0.3 is 10.5 Å². The average Bonchev–Trinajstić information content (AvgIpc) is 2.29. The van der Waals surface area contributed by atoms with Crippen LogP contribution in [0.4, 0.5) is 8.78 Å². The predicted molar refractivity (Wildman–Crippen MR) is 59.7 cm³/mol. The van der Waals surface area contributed by atoms with Crippen LogP contribution in [0.5, 0.6) is 0 Å². The molecular weight excluding hydrogens is 228 g/mol. The highest BCUT2D eigenvalue weighted by molar-refractivity contribution is 5.78. The van der Waals surface area contributed by atoms with Crippen LogP contribution in [-0.2, 0) is 9.53 Å². The lowest BCUT2D eigenvalue weighted by Gasteiger charge is -2.21. The number of carbonyl (C=O) groups is 1. The molecule has 17 heavy (non-hydrogen) atoms. The van der Waals surface area contributed by atoms with Gasteiger partial charge in [0.05, 0.1) is 6.61 Å². The Balaban J connectivity index is 2.91. The molecule has 0 aliphatic rings. The first-order valence-electron chi connectivity index (χ1n) is 5.26. The van der Waals surface area contributed by atoms with Crippen LogP contribution in [0, 0.1) is 6.92 Å². The highest BCUT2D eigenvalue weighted by Crippen LogP contribution is 2.30. The number of aryl methyl sites for hydroxylation is 1. The molecule has 0 heterocycles. The molecule has 1 aromatic carbocycles. The van der Waals surface area contributed by atoms with Crippen molar-refractivity contribution in [3.8, 4) is 0 Å². The SMILES string of the molecule is CCOC(=O)C(F)(F)C(N)c1ccc(C)cc1. The Bertz CT molecular complexity index is 390. The highest BCUT2D eigenvalue weighted by atomic mass is 19.3. The Morgan fingerprint density at radius 3 is 2.41 bits per heavy atom. The first-order valence-corrected chi connectivity index (χ1v) is 5.26. The smallest absolute Gasteiger partial charge is 0.379 e. The Morgan fingerprint density at radius 1 is 1.41 bits per heavy atom. The first-order chi connectivity index (χ1) is 7.89. The molecule has 0 aliphatic carbocycles. The fourth-order valence-electron chi connectivity index (χ4n) is 1.34. The zero-order chi connectivity index (χ0) is 13.1. The van der Waals surface area contributed by atoms with Crippen LogP contribution < -0.4 is 5.73 Å². The van der Waals surface area contributed by atoms with Crippen molar-refractivity contribution < 1.29 is 18.3 Å². The highest BCUT2D eigenvalue weighted by Gasteiger charge is 2.47. The summed E-state index contributed by atoms with van der Waals surface area (Å²) in [6.45, 7) is 3.19. The fourth-order valence-corrected chi connectivity index (χ4v) is 1.34. The number of carbonyl (C=O) groups excluding carboxylic acids is 1. The number of benzene rings is 1. The average molecular weight is 243 g/mol. The number of alkyl halides is 2. The van der Waals surface area contributed by atoms with E-state index in [1.165, 1.54) is 19.1 Å². The maximum atomic E-state index is 13.6. The molecule has 5 heteroatoms. The van der Waals surface area contributed by atoms with Gasteiger partial charge in [0.15, 0.2) is 0 Å². The van der Waals surface area contributed by atoms with Crippen LogP contribution in [0.2, 0.25) is 0 Å². The summed E-state index contributed by atoms with van der Waals surface area (Å²) in [4.78, 5) is 11.1. The van der Waals surface area contributed by atoms with Gasteiger partial charge in [0.2, 0.25) is 0 Å². The normalized spacial score (nSPS) is 13.2. The minimum absolute atomic E-state index is 0.102. The number of nitrogens with two attached hydrogens (primary N) is 1. The third-order valence-electron chi connectivity index (χ3n) is 2.37. The lowest BCUT2D eigenvalue weighted by molar-refractivity contribution is -0.174. The van der Waals surface area contributed by atoms with E-state index in [2.05, 4.69) is 4.74 Å². The molecule has 0 spiro atoms. The van der Waals surface area contributed by atoms with Crippen LogP contribution in [-0.4, -0.2) is 18.5 Å². The van der Waals surface area contributed by atoms with E-state index in [1.807, 2.05) is 6.92 Å². The molecule has 0 bridgehead atoms. The summed E-state index contributed by atoms with van der Waals surface area (Å²) in [6.07, 6.45) is 0. The van der Waals surface area contributed by atoms with Gasteiger partial charge in [-0.25, -0.2) is 4.79 Å². The molecule has 0 saturated heterocycles. The summed E-state index contributed by atoms with van der Waals surface area (Å²) < 4.78 is 31.5. The van der Waals surface area contributed by atoms with Crippen molar-refractivity contribution in [1.82, 2.24) is 0 Å². The third kappa shape index (κ3) is 3.00. The van der Waals surface area contributed by atoms with Crippen molar-refractivity contribution >= 4 is 5.97 Å². The summed E-state index contributed by atoms with van der Waals surface area (Å²) in [5.41, 5.74) is 6.54. The third-order valence-corrected chi connectivity index (χ3v) is 2.37. The Hall–Kier alpha value is -1.49. The molecule has 2 N–H and O–H groups in total.